The van der Waals surface area contributed by atoms with Crippen LogP contribution in [0.5, 0.6) is 0 Å². The molecule has 0 saturated heterocycles. The molecule has 18 heavy (non-hydrogen) atoms. The minimum atomic E-state index is 0.370. The van der Waals surface area contributed by atoms with Crippen LogP contribution in [0.1, 0.15) is 65.2 Å². The second-order valence-corrected chi connectivity index (χ2v) is 6.23. The third kappa shape index (κ3) is 4.91. The molecule has 0 aromatic rings. The van der Waals surface area contributed by atoms with Crippen molar-refractivity contribution in [1.82, 2.24) is 4.90 Å². The monoisotopic (exact) mass is 317 g/mol. The third-order valence-electron chi connectivity index (χ3n) is 4.27. The standard InChI is InChI=1S/C15H28BrNO/c1-3-14(4-2)17(12-11-16)15(18)10-9-13-7-5-6-8-13/h13-14H,3-12H2,1-2H3. The molecule has 0 aromatic heterocycles. The first-order valence-corrected chi connectivity index (χ1v) is 8.70. The summed E-state index contributed by atoms with van der Waals surface area (Å²) < 4.78 is 0. The summed E-state index contributed by atoms with van der Waals surface area (Å²) in [5.74, 6) is 1.19. The van der Waals surface area contributed by atoms with Gasteiger partial charge in [-0.2, -0.15) is 0 Å². The van der Waals surface area contributed by atoms with Gasteiger partial charge in [-0.25, -0.2) is 0 Å². The number of halogens is 1. The van der Waals surface area contributed by atoms with Crippen LogP contribution in [0.15, 0.2) is 0 Å². The van der Waals surface area contributed by atoms with Crippen molar-refractivity contribution >= 4 is 21.8 Å². The van der Waals surface area contributed by atoms with Gasteiger partial charge in [0, 0.05) is 24.3 Å². The molecule has 0 atom stereocenters. The number of rotatable bonds is 8. The molecule has 0 spiro atoms. The van der Waals surface area contributed by atoms with Gasteiger partial charge in [-0.05, 0) is 25.2 Å². The van der Waals surface area contributed by atoms with Crippen molar-refractivity contribution in [2.75, 3.05) is 11.9 Å². The van der Waals surface area contributed by atoms with E-state index in [9.17, 15) is 4.79 Å². The summed E-state index contributed by atoms with van der Waals surface area (Å²) in [6, 6.07) is 0.429. The van der Waals surface area contributed by atoms with E-state index < -0.39 is 0 Å². The first kappa shape index (κ1) is 16.0. The Hall–Kier alpha value is -0.0500. The predicted octanol–water partition coefficient (Wildman–Crippen LogP) is 4.37. The maximum Gasteiger partial charge on any atom is 0.222 e. The highest BCUT2D eigenvalue weighted by Crippen LogP contribution is 2.29. The van der Waals surface area contributed by atoms with Crippen LogP contribution in [-0.2, 0) is 4.79 Å². The lowest BCUT2D eigenvalue weighted by atomic mass is 10.0. The van der Waals surface area contributed by atoms with E-state index in [1.54, 1.807) is 0 Å². The fourth-order valence-corrected chi connectivity index (χ4v) is 3.48. The molecule has 1 aliphatic carbocycles. The SMILES string of the molecule is CCC(CC)N(CCBr)C(=O)CCC1CCCC1. The zero-order valence-electron chi connectivity index (χ0n) is 12.0. The summed E-state index contributed by atoms with van der Waals surface area (Å²) in [5, 5.41) is 0.888. The lowest BCUT2D eigenvalue weighted by molar-refractivity contribution is -0.133. The lowest BCUT2D eigenvalue weighted by Crippen LogP contribution is -2.41. The van der Waals surface area contributed by atoms with Crippen LogP contribution in [0.3, 0.4) is 0 Å². The Morgan fingerprint density at radius 2 is 1.89 bits per heavy atom. The quantitative estimate of drug-likeness (QED) is 0.609. The Balaban J connectivity index is 2.42. The number of carbonyl (C=O) groups excluding carboxylic acids is 1. The van der Waals surface area contributed by atoms with Crippen molar-refractivity contribution < 1.29 is 4.79 Å². The Bertz CT molecular complexity index is 235. The second kappa shape index (κ2) is 8.95. The number of carbonyl (C=O) groups is 1. The van der Waals surface area contributed by atoms with Crippen molar-refractivity contribution in [3.05, 3.63) is 0 Å². The molecule has 2 nitrogen and oxygen atoms in total. The van der Waals surface area contributed by atoms with Gasteiger partial charge in [0.05, 0.1) is 0 Å². The molecule has 0 unspecified atom stereocenters. The van der Waals surface area contributed by atoms with Crippen molar-refractivity contribution in [3.8, 4) is 0 Å². The molecule has 0 bridgehead atoms. The molecule has 0 N–H and O–H groups in total. The van der Waals surface area contributed by atoms with Crippen molar-refractivity contribution in [2.45, 2.75) is 71.3 Å². The highest BCUT2D eigenvalue weighted by Gasteiger charge is 2.22. The minimum absolute atomic E-state index is 0.370. The average Bonchev–Trinajstić information content (AvgIpc) is 2.89. The van der Waals surface area contributed by atoms with Gasteiger partial charge in [-0.15, -0.1) is 0 Å². The Kier molecular flexibility index (Phi) is 7.96. The van der Waals surface area contributed by atoms with Gasteiger partial charge in [0.25, 0.3) is 0 Å². The van der Waals surface area contributed by atoms with Gasteiger partial charge in [-0.1, -0.05) is 55.5 Å². The van der Waals surface area contributed by atoms with Crippen LogP contribution in [0.4, 0.5) is 0 Å². The summed E-state index contributed by atoms with van der Waals surface area (Å²) in [6.07, 6.45) is 9.43. The van der Waals surface area contributed by atoms with Gasteiger partial charge in [-0.3, -0.25) is 4.79 Å². The number of nitrogens with zero attached hydrogens (tertiary/aromatic N) is 1. The third-order valence-corrected chi connectivity index (χ3v) is 4.62. The van der Waals surface area contributed by atoms with E-state index in [0.29, 0.717) is 11.9 Å². The van der Waals surface area contributed by atoms with E-state index in [1.165, 1.54) is 25.7 Å². The molecule has 0 aromatic carbocycles. The van der Waals surface area contributed by atoms with Gasteiger partial charge in [0.15, 0.2) is 0 Å². The zero-order valence-corrected chi connectivity index (χ0v) is 13.5. The van der Waals surface area contributed by atoms with E-state index in [-0.39, 0.29) is 0 Å². The van der Waals surface area contributed by atoms with E-state index in [2.05, 4.69) is 34.7 Å². The Morgan fingerprint density at radius 3 is 2.39 bits per heavy atom. The summed E-state index contributed by atoms with van der Waals surface area (Å²) in [7, 11) is 0. The fourth-order valence-electron chi connectivity index (χ4n) is 3.10. The predicted molar refractivity (Wildman–Crippen MR) is 81.1 cm³/mol. The Labute approximate surface area is 121 Å². The molecule has 0 aliphatic heterocycles. The molecule has 1 aliphatic rings. The number of amides is 1. The molecule has 1 amide bonds. The van der Waals surface area contributed by atoms with Crippen LogP contribution in [-0.4, -0.2) is 28.7 Å². The van der Waals surface area contributed by atoms with Crippen LogP contribution in [0, 0.1) is 5.92 Å². The minimum Gasteiger partial charge on any atom is -0.339 e. The highest BCUT2D eigenvalue weighted by atomic mass is 79.9. The van der Waals surface area contributed by atoms with Gasteiger partial charge in [0.2, 0.25) is 5.91 Å². The number of hydrogen-bond acceptors (Lipinski definition) is 1. The molecule has 1 fully saturated rings. The molecule has 3 heteroatoms. The molecule has 0 heterocycles. The number of alkyl halides is 1. The lowest BCUT2D eigenvalue weighted by Gasteiger charge is -2.30. The summed E-state index contributed by atoms with van der Waals surface area (Å²) in [5.41, 5.74) is 0. The van der Waals surface area contributed by atoms with Crippen LogP contribution >= 0.6 is 15.9 Å². The molecular formula is C15H28BrNO. The summed E-state index contributed by atoms with van der Waals surface area (Å²) in [6.45, 7) is 5.22. The summed E-state index contributed by atoms with van der Waals surface area (Å²) >= 11 is 3.47. The van der Waals surface area contributed by atoms with Crippen molar-refractivity contribution in [2.24, 2.45) is 5.92 Å². The highest BCUT2D eigenvalue weighted by molar-refractivity contribution is 9.09. The molecular weight excluding hydrogens is 290 g/mol. The van der Waals surface area contributed by atoms with Crippen LogP contribution in [0.25, 0.3) is 0 Å². The summed E-state index contributed by atoms with van der Waals surface area (Å²) in [4.78, 5) is 14.5. The smallest absolute Gasteiger partial charge is 0.222 e. The van der Waals surface area contributed by atoms with Crippen molar-refractivity contribution in [3.63, 3.8) is 0 Å². The van der Waals surface area contributed by atoms with E-state index >= 15 is 0 Å². The largest absolute Gasteiger partial charge is 0.339 e. The first-order chi connectivity index (χ1) is 8.72. The van der Waals surface area contributed by atoms with Gasteiger partial charge < -0.3 is 4.90 Å². The van der Waals surface area contributed by atoms with Crippen LogP contribution < -0.4 is 0 Å². The molecule has 0 radical (unpaired) electrons. The molecule has 1 saturated carbocycles. The van der Waals surface area contributed by atoms with Crippen LogP contribution in [0.2, 0.25) is 0 Å². The molecule has 1 rings (SSSR count). The van der Waals surface area contributed by atoms with Gasteiger partial charge in [0.1, 0.15) is 0 Å². The Morgan fingerprint density at radius 1 is 1.28 bits per heavy atom. The van der Waals surface area contributed by atoms with E-state index in [1.807, 2.05) is 0 Å². The van der Waals surface area contributed by atoms with E-state index in [4.69, 9.17) is 0 Å². The van der Waals surface area contributed by atoms with Crippen molar-refractivity contribution in [1.29, 1.82) is 0 Å². The normalized spacial score (nSPS) is 16.4. The van der Waals surface area contributed by atoms with E-state index in [0.717, 1.165) is 43.5 Å². The molecule has 106 valence electrons. The number of hydrogen-bond donors (Lipinski definition) is 0. The average molecular weight is 318 g/mol. The van der Waals surface area contributed by atoms with Gasteiger partial charge >= 0.3 is 0 Å². The first-order valence-electron chi connectivity index (χ1n) is 7.58. The second-order valence-electron chi connectivity index (χ2n) is 5.44. The fraction of sp³-hybridized carbons (Fsp3) is 0.933. The maximum absolute atomic E-state index is 12.4. The topological polar surface area (TPSA) is 20.3 Å². The zero-order chi connectivity index (χ0) is 13.4. The maximum atomic E-state index is 12.4.